The van der Waals surface area contributed by atoms with Crippen molar-refractivity contribution in [3.63, 3.8) is 0 Å². The SMILES string of the molecule is Cc1cccc(Oc2cccc(C(=N)N)n2)c1. The van der Waals surface area contributed by atoms with Crippen molar-refractivity contribution < 1.29 is 4.74 Å². The highest BCUT2D eigenvalue weighted by atomic mass is 16.5. The zero-order chi connectivity index (χ0) is 12.3. The average molecular weight is 227 g/mol. The van der Waals surface area contributed by atoms with Crippen LogP contribution < -0.4 is 10.5 Å². The standard InChI is InChI=1S/C13H13N3O/c1-9-4-2-5-10(8-9)17-12-7-3-6-11(16-12)13(14)15/h2-8H,1H3,(H3,14,15). The second kappa shape index (κ2) is 4.65. The Morgan fingerprint density at radius 2 is 2.00 bits per heavy atom. The van der Waals surface area contributed by atoms with Crippen molar-refractivity contribution in [2.75, 3.05) is 0 Å². The van der Waals surface area contributed by atoms with Gasteiger partial charge in [-0.2, -0.15) is 0 Å². The predicted molar refractivity (Wildman–Crippen MR) is 66.5 cm³/mol. The van der Waals surface area contributed by atoms with E-state index < -0.39 is 0 Å². The lowest BCUT2D eigenvalue weighted by Gasteiger charge is -2.06. The number of nitrogens with one attached hydrogen (secondary N) is 1. The number of pyridine rings is 1. The minimum absolute atomic E-state index is 0.0697. The van der Waals surface area contributed by atoms with Crippen LogP contribution in [0.1, 0.15) is 11.3 Å². The van der Waals surface area contributed by atoms with Crippen molar-refractivity contribution in [1.82, 2.24) is 4.98 Å². The number of hydrogen-bond acceptors (Lipinski definition) is 3. The molecule has 0 aliphatic rings. The molecule has 0 bridgehead atoms. The quantitative estimate of drug-likeness (QED) is 0.625. The van der Waals surface area contributed by atoms with Gasteiger partial charge in [0, 0.05) is 6.07 Å². The Kier molecular flexibility index (Phi) is 3.05. The van der Waals surface area contributed by atoms with Crippen LogP contribution >= 0.6 is 0 Å². The molecule has 0 fully saturated rings. The van der Waals surface area contributed by atoms with Gasteiger partial charge in [0.1, 0.15) is 17.3 Å². The highest BCUT2D eigenvalue weighted by Crippen LogP contribution is 2.20. The Labute approximate surface area is 99.6 Å². The predicted octanol–water partition coefficient (Wildman–Crippen LogP) is 2.47. The maximum Gasteiger partial charge on any atom is 0.219 e. The highest BCUT2D eigenvalue weighted by Gasteiger charge is 2.02. The molecule has 2 aromatic rings. The topological polar surface area (TPSA) is 72.0 Å². The maximum atomic E-state index is 7.31. The van der Waals surface area contributed by atoms with E-state index in [1.807, 2.05) is 31.2 Å². The molecule has 0 saturated heterocycles. The summed E-state index contributed by atoms with van der Waals surface area (Å²) in [5, 5.41) is 7.31. The molecule has 86 valence electrons. The first kappa shape index (κ1) is 11.1. The molecular weight excluding hydrogens is 214 g/mol. The largest absolute Gasteiger partial charge is 0.439 e. The van der Waals surface area contributed by atoms with Crippen molar-refractivity contribution in [3.8, 4) is 11.6 Å². The van der Waals surface area contributed by atoms with Crippen LogP contribution in [0.3, 0.4) is 0 Å². The number of nitrogens with two attached hydrogens (primary N) is 1. The molecule has 0 amide bonds. The fourth-order valence-electron chi connectivity index (χ4n) is 1.42. The molecule has 0 saturated carbocycles. The van der Waals surface area contributed by atoms with Gasteiger partial charge < -0.3 is 10.5 Å². The molecule has 17 heavy (non-hydrogen) atoms. The van der Waals surface area contributed by atoms with E-state index >= 15 is 0 Å². The van der Waals surface area contributed by atoms with Gasteiger partial charge in [0.15, 0.2) is 0 Å². The van der Waals surface area contributed by atoms with Gasteiger partial charge in [0.05, 0.1) is 0 Å². The molecule has 0 aliphatic carbocycles. The maximum absolute atomic E-state index is 7.31. The van der Waals surface area contributed by atoms with Crippen LogP contribution in [0.2, 0.25) is 0 Å². The summed E-state index contributed by atoms with van der Waals surface area (Å²) in [4.78, 5) is 4.13. The second-order valence-electron chi connectivity index (χ2n) is 3.69. The summed E-state index contributed by atoms with van der Waals surface area (Å²) in [6.45, 7) is 1.99. The smallest absolute Gasteiger partial charge is 0.219 e. The molecule has 1 aromatic carbocycles. The van der Waals surface area contributed by atoms with E-state index in [2.05, 4.69) is 4.98 Å². The van der Waals surface area contributed by atoms with Crippen LogP contribution in [0.4, 0.5) is 0 Å². The van der Waals surface area contributed by atoms with Gasteiger partial charge >= 0.3 is 0 Å². The average Bonchev–Trinajstić information content (AvgIpc) is 2.29. The van der Waals surface area contributed by atoms with Gasteiger partial charge in [-0.05, 0) is 30.7 Å². The van der Waals surface area contributed by atoms with E-state index in [4.69, 9.17) is 15.9 Å². The minimum atomic E-state index is -0.0697. The molecule has 3 N–H and O–H groups in total. The second-order valence-corrected chi connectivity index (χ2v) is 3.69. The number of hydrogen-bond donors (Lipinski definition) is 2. The fourth-order valence-corrected chi connectivity index (χ4v) is 1.42. The molecule has 1 heterocycles. The Hall–Kier alpha value is -2.36. The number of rotatable bonds is 3. The van der Waals surface area contributed by atoms with Gasteiger partial charge in [0.25, 0.3) is 0 Å². The lowest BCUT2D eigenvalue weighted by Crippen LogP contribution is -2.13. The van der Waals surface area contributed by atoms with E-state index in [0.29, 0.717) is 11.6 Å². The summed E-state index contributed by atoms with van der Waals surface area (Å²) in [6, 6.07) is 12.8. The third-order valence-corrected chi connectivity index (χ3v) is 2.21. The number of amidine groups is 1. The number of aromatic nitrogens is 1. The number of nitrogens with zero attached hydrogens (tertiary/aromatic N) is 1. The summed E-state index contributed by atoms with van der Waals surface area (Å²) in [5.74, 6) is 1.08. The third kappa shape index (κ3) is 2.81. The number of benzene rings is 1. The van der Waals surface area contributed by atoms with E-state index in [1.165, 1.54) is 0 Å². The molecule has 0 aliphatic heterocycles. The lowest BCUT2D eigenvalue weighted by atomic mass is 10.2. The molecule has 4 nitrogen and oxygen atoms in total. The summed E-state index contributed by atoms with van der Waals surface area (Å²) >= 11 is 0. The van der Waals surface area contributed by atoms with Crippen LogP contribution in [-0.2, 0) is 0 Å². The number of aryl methyl sites for hydroxylation is 1. The first-order chi connectivity index (χ1) is 8.15. The molecule has 4 heteroatoms. The zero-order valence-electron chi connectivity index (χ0n) is 9.47. The van der Waals surface area contributed by atoms with Crippen molar-refractivity contribution in [2.24, 2.45) is 5.73 Å². The molecule has 2 rings (SSSR count). The molecular formula is C13H13N3O. The van der Waals surface area contributed by atoms with E-state index in [0.717, 1.165) is 11.3 Å². The van der Waals surface area contributed by atoms with Crippen LogP contribution in [0.25, 0.3) is 0 Å². The van der Waals surface area contributed by atoms with Crippen LogP contribution in [0.5, 0.6) is 11.6 Å². The van der Waals surface area contributed by atoms with Gasteiger partial charge in [-0.3, -0.25) is 5.41 Å². The molecule has 0 atom stereocenters. The fraction of sp³-hybridized carbons (Fsp3) is 0.0769. The van der Waals surface area contributed by atoms with Crippen molar-refractivity contribution in [2.45, 2.75) is 6.92 Å². The lowest BCUT2D eigenvalue weighted by molar-refractivity contribution is 0.462. The first-order valence-corrected chi connectivity index (χ1v) is 5.21. The van der Waals surface area contributed by atoms with Crippen molar-refractivity contribution in [1.29, 1.82) is 5.41 Å². The summed E-state index contributed by atoms with van der Waals surface area (Å²) in [7, 11) is 0. The molecule has 0 unspecified atom stereocenters. The summed E-state index contributed by atoms with van der Waals surface area (Å²) < 4.78 is 5.59. The molecule has 0 radical (unpaired) electrons. The Balaban J connectivity index is 2.24. The van der Waals surface area contributed by atoms with Gasteiger partial charge in [-0.15, -0.1) is 0 Å². The van der Waals surface area contributed by atoms with Crippen molar-refractivity contribution >= 4 is 5.84 Å². The summed E-state index contributed by atoms with van der Waals surface area (Å²) in [5.41, 5.74) is 6.89. The number of ether oxygens (including phenoxy) is 1. The van der Waals surface area contributed by atoms with E-state index in [9.17, 15) is 0 Å². The van der Waals surface area contributed by atoms with Crippen LogP contribution in [-0.4, -0.2) is 10.8 Å². The summed E-state index contributed by atoms with van der Waals surface area (Å²) in [6.07, 6.45) is 0. The van der Waals surface area contributed by atoms with Gasteiger partial charge in [-0.1, -0.05) is 18.2 Å². The van der Waals surface area contributed by atoms with Crippen LogP contribution in [0, 0.1) is 12.3 Å². The minimum Gasteiger partial charge on any atom is -0.439 e. The third-order valence-electron chi connectivity index (χ3n) is 2.21. The highest BCUT2D eigenvalue weighted by molar-refractivity contribution is 5.93. The van der Waals surface area contributed by atoms with Gasteiger partial charge in [0.2, 0.25) is 5.88 Å². The molecule has 1 aromatic heterocycles. The Bertz CT molecular complexity index is 552. The molecule has 0 spiro atoms. The van der Waals surface area contributed by atoms with Crippen molar-refractivity contribution in [3.05, 3.63) is 53.7 Å². The Morgan fingerprint density at radius 3 is 2.71 bits per heavy atom. The first-order valence-electron chi connectivity index (χ1n) is 5.21. The number of nitrogen functional groups attached to an aromatic ring is 1. The Morgan fingerprint density at radius 1 is 1.24 bits per heavy atom. The van der Waals surface area contributed by atoms with Gasteiger partial charge in [-0.25, -0.2) is 4.98 Å². The zero-order valence-corrected chi connectivity index (χ0v) is 9.47. The normalized spacial score (nSPS) is 9.94. The van der Waals surface area contributed by atoms with E-state index in [-0.39, 0.29) is 5.84 Å². The van der Waals surface area contributed by atoms with E-state index in [1.54, 1.807) is 18.2 Å². The van der Waals surface area contributed by atoms with Crippen LogP contribution in [0.15, 0.2) is 42.5 Å². The monoisotopic (exact) mass is 227 g/mol.